The lowest BCUT2D eigenvalue weighted by Gasteiger charge is -2.06. The van der Waals surface area contributed by atoms with E-state index in [1.54, 1.807) is 6.20 Å². The molecule has 0 atom stereocenters. The Kier molecular flexibility index (Phi) is 3.10. The van der Waals surface area contributed by atoms with E-state index in [-0.39, 0.29) is 0 Å². The normalized spacial score (nSPS) is 10.3. The monoisotopic (exact) mass is 216 g/mol. The van der Waals surface area contributed by atoms with Gasteiger partial charge in [-0.05, 0) is 36.6 Å². The van der Waals surface area contributed by atoms with Crippen LogP contribution in [-0.2, 0) is 6.42 Å². The van der Waals surface area contributed by atoms with Crippen LogP contribution >= 0.6 is 0 Å². The van der Waals surface area contributed by atoms with Gasteiger partial charge in [-0.2, -0.15) is 0 Å². The molecule has 2 heterocycles. The molecule has 4 nitrogen and oxygen atoms in total. The van der Waals surface area contributed by atoms with E-state index in [0.717, 1.165) is 30.0 Å². The summed E-state index contributed by atoms with van der Waals surface area (Å²) in [6.07, 6.45) is 6.60. The van der Waals surface area contributed by atoms with E-state index < -0.39 is 0 Å². The zero-order chi connectivity index (χ0) is 11.4. The number of hydrogen-bond donors (Lipinski definition) is 3. The Labute approximate surface area is 94.9 Å². The van der Waals surface area contributed by atoms with E-state index >= 15 is 0 Å². The molecule has 16 heavy (non-hydrogen) atoms. The number of aromatic amines is 1. The number of nitrogens with one attached hydrogen (secondary N) is 2. The molecule has 0 aromatic carbocycles. The lowest BCUT2D eigenvalue weighted by molar-refractivity contribution is 1.01. The van der Waals surface area contributed by atoms with Gasteiger partial charge in [-0.3, -0.25) is 0 Å². The molecule has 0 radical (unpaired) electrons. The summed E-state index contributed by atoms with van der Waals surface area (Å²) in [4.78, 5) is 7.25. The van der Waals surface area contributed by atoms with Gasteiger partial charge in [-0.25, -0.2) is 4.98 Å². The average molecular weight is 216 g/mol. The van der Waals surface area contributed by atoms with E-state index in [0.29, 0.717) is 0 Å². The Morgan fingerprint density at radius 3 is 3.06 bits per heavy atom. The smallest absolute Gasteiger partial charge is 0.126 e. The first-order valence-electron chi connectivity index (χ1n) is 5.33. The topological polar surface area (TPSA) is 66.7 Å². The highest BCUT2D eigenvalue weighted by atomic mass is 15.0. The summed E-state index contributed by atoms with van der Waals surface area (Å²) in [5, 5.41) is 3.27. The van der Waals surface area contributed by atoms with Gasteiger partial charge in [0.15, 0.2) is 0 Å². The fourth-order valence-electron chi connectivity index (χ4n) is 1.51. The predicted octanol–water partition coefficient (Wildman–Crippen LogP) is 1.95. The molecule has 0 aliphatic heterocycles. The van der Waals surface area contributed by atoms with Crippen molar-refractivity contribution in [3.05, 3.63) is 41.9 Å². The first-order valence-corrected chi connectivity index (χ1v) is 5.33. The standard InChI is InChI=1S/C12H16N4/c1-9-6-12(16-8-11(9)13)15-5-3-10-2-4-14-7-10/h2,4,6-8,14H,3,5,13H2,1H3,(H,15,16). The molecule has 2 aromatic rings. The second-order valence-electron chi connectivity index (χ2n) is 3.82. The number of nitrogens with two attached hydrogens (primary N) is 1. The van der Waals surface area contributed by atoms with Gasteiger partial charge >= 0.3 is 0 Å². The van der Waals surface area contributed by atoms with Gasteiger partial charge in [-0.15, -0.1) is 0 Å². The molecule has 0 aliphatic rings. The molecular weight excluding hydrogens is 200 g/mol. The highest BCUT2D eigenvalue weighted by Gasteiger charge is 1.98. The Hall–Kier alpha value is -1.97. The minimum atomic E-state index is 0.733. The third kappa shape index (κ3) is 2.53. The van der Waals surface area contributed by atoms with Gasteiger partial charge in [-0.1, -0.05) is 0 Å². The second kappa shape index (κ2) is 4.70. The second-order valence-corrected chi connectivity index (χ2v) is 3.82. The maximum Gasteiger partial charge on any atom is 0.126 e. The molecule has 4 heteroatoms. The number of anilines is 2. The number of aromatic nitrogens is 2. The minimum Gasteiger partial charge on any atom is -0.397 e. The molecule has 0 fully saturated rings. The summed E-state index contributed by atoms with van der Waals surface area (Å²) >= 11 is 0. The molecule has 0 saturated heterocycles. The van der Waals surface area contributed by atoms with Crippen molar-refractivity contribution < 1.29 is 0 Å². The fraction of sp³-hybridized carbons (Fsp3) is 0.250. The third-order valence-corrected chi connectivity index (χ3v) is 2.53. The molecule has 2 rings (SSSR count). The SMILES string of the molecule is Cc1cc(NCCc2cc[nH]c2)ncc1N. The van der Waals surface area contributed by atoms with Gasteiger partial charge in [0.25, 0.3) is 0 Å². The third-order valence-electron chi connectivity index (χ3n) is 2.53. The van der Waals surface area contributed by atoms with Crippen molar-refractivity contribution in [2.75, 3.05) is 17.6 Å². The molecule has 2 aromatic heterocycles. The number of nitrogens with zero attached hydrogens (tertiary/aromatic N) is 1. The van der Waals surface area contributed by atoms with Crippen LogP contribution in [0.4, 0.5) is 11.5 Å². The maximum atomic E-state index is 5.70. The van der Waals surface area contributed by atoms with Crippen molar-refractivity contribution >= 4 is 11.5 Å². The van der Waals surface area contributed by atoms with E-state index in [4.69, 9.17) is 5.73 Å². The first-order chi connectivity index (χ1) is 7.75. The number of pyridine rings is 1. The van der Waals surface area contributed by atoms with E-state index in [2.05, 4.69) is 21.4 Å². The van der Waals surface area contributed by atoms with Gasteiger partial charge in [0.2, 0.25) is 0 Å². The van der Waals surface area contributed by atoms with Crippen LogP contribution in [0.25, 0.3) is 0 Å². The summed E-state index contributed by atoms with van der Waals surface area (Å²) in [5.74, 6) is 0.877. The van der Waals surface area contributed by atoms with Crippen molar-refractivity contribution in [2.24, 2.45) is 0 Å². The average Bonchev–Trinajstić information content (AvgIpc) is 2.76. The molecule has 0 saturated carbocycles. The van der Waals surface area contributed by atoms with Gasteiger partial charge in [0.05, 0.1) is 11.9 Å². The first kappa shape index (κ1) is 10.5. The van der Waals surface area contributed by atoms with E-state index in [9.17, 15) is 0 Å². The number of hydrogen-bond acceptors (Lipinski definition) is 3. The number of rotatable bonds is 4. The summed E-state index contributed by atoms with van der Waals surface area (Å²) in [6.45, 7) is 2.85. The molecule has 0 amide bonds. The maximum absolute atomic E-state index is 5.70. The fourth-order valence-corrected chi connectivity index (χ4v) is 1.51. The van der Waals surface area contributed by atoms with Crippen molar-refractivity contribution in [3.63, 3.8) is 0 Å². The van der Waals surface area contributed by atoms with Crippen LogP contribution in [0, 0.1) is 6.92 Å². The lowest BCUT2D eigenvalue weighted by Crippen LogP contribution is -2.06. The summed E-state index contributed by atoms with van der Waals surface area (Å²) < 4.78 is 0. The Morgan fingerprint density at radius 1 is 1.50 bits per heavy atom. The lowest BCUT2D eigenvalue weighted by atomic mass is 10.2. The van der Waals surface area contributed by atoms with Crippen molar-refractivity contribution in [2.45, 2.75) is 13.3 Å². The molecule has 0 aliphatic carbocycles. The predicted molar refractivity (Wildman–Crippen MR) is 66.4 cm³/mol. The Balaban J connectivity index is 1.87. The number of aryl methyl sites for hydroxylation is 1. The van der Waals surface area contributed by atoms with Gasteiger partial charge < -0.3 is 16.0 Å². The van der Waals surface area contributed by atoms with Crippen molar-refractivity contribution in [3.8, 4) is 0 Å². The number of H-pyrrole nitrogens is 1. The zero-order valence-corrected chi connectivity index (χ0v) is 9.33. The summed E-state index contributed by atoms with van der Waals surface area (Å²) in [6, 6.07) is 4.04. The quantitative estimate of drug-likeness (QED) is 0.731. The molecule has 4 N–H and O–H groups in total. The van der Waals surface area contributed by atoms with Crippen LogP contribution in [0.1, 0.15) is 11.1 Å². The van der Waals surface area contributed by atoms with Crippen LogP contribution in [0.5, 0.6) is 0 Å². The molecule has 84 valence electrons. The minimum absolute atomic E-state index is 0.733. The zero-order valence-electron chi connectivity index (χ0n) is 9.33. The van der Waals surface area contributed by atoms with Gasteiger partial charge in [0.1, 0.15) is 5.82 Å². The largest absolute Gasteiger partial charge is 0.397 e. The number of nitrogen functional groups attached to an aromatic ring is 1. The van der Waals surface area contributed by atoms with Gasteiger partial charge in [0, 0.05) is 18.9 Å². The highest BCUT2D eigenvalue weighted by molar-refractivity contribution is 5.50. The Bertz CT molecular complexity index is 448. The van der Waals surface area contributed by atoms with Crippen LogP contribution in [0.15, 0.2) is 30.7 Å². The highest BCUT2D eigenvalue weighted by Crippen LogP contribution is 2.12. The van der Waals surface area contributed by atoms with E-state index in [1.165, 1.54) is 5.56 Å². The van der Waals surface area contributed by atoms with Crippen molar-refractivity contribution in [1.82, 2.24) is 9.97 Å². The van der Waals surface area contributed by atoms with Crippen LogP contribution in [0.3, 0.4) is 0 Å². The summed E-state index contributed by atoms with van der Waals surface area (Å²) in [5.41, 5.74) is 8.78. The molecular formula is C12H16N4. The molecule has 0 spiro atoms. The van der Waals surface area contributed by atoms with Crippen LogP contribution < -0.4 is 11.1 Å². The Morgan fingerprint density at radius 2 is 2.38 bits per heavy atom. The van der Waals surface area contributed by atoms with Crippen LogP contribution in [0.2, 0.25) is 0 Å². The summed E-state index contributed by atoms with van der Waals surface area (Å²) in [7, 11) is 0. The molecule has 0 unspecified atom stereocenters. The van der Waals surface area contributed by atoms with Crippen molar-refractivity contribution in [1.29, 1.82) is 0 Å². The van der Waals surface area contributed by atoms with E-state index in [1.807, 2.05) is 25.4 Å². The molecule has 0 bridgehead atoms. The van der Waals surface area contributed by atoms with Crippen LogP contribution in [-0.4, -0.2) is 16.5 Å².